The average Bonchev–Trinajstić information content (AvgIpc) is 2.14. The van der Waals surface area contributed by atoms with Gasteiger partial charge in [0.2, 0.25) is 0 Å². The summed E-state index contributed by atoms with van der Waals surface area (Å²) in [4.78, 5) is 0. The van der Waals surface area contributed by atoms with Crippen molar-refractivity contribution in [2.24, 2.45) is 0 Å². The summed E-state index contributed by atoms with van der Waals surface area (Å²) >= 11 is 0. The fraction of sp³-hybridized carbons (Fsp3) is 0.538. The van der Waals surface area contributed by atoms with Gasteiger partial charge >= 0.3 is 0 Å². The molecule has 0 N–H and O–H groups in total. The summed E-state index contributed by atoms with van der Waals surface area (Å²) in [6.07, 6.45) is 5.16. The highest BCUT2D eigenvalue weighted by molar-refractivity contribution is 6.74. The largest absolute Gasteiger partial charge is 0.536 e. The molecule has 0 amide bonds. The molecule has 0 spiro atoms. The van der Waals surface area contributed by atoms with E-state index in [9.17, 15) is 0 Å². The monoisotopic (exact) mass is 235 g/mol. The third kappa shape index (κ3) is 4.52. The fourth-order valence-corrected chi connectivity index (χ4v) is 1.71. The van der Waals surface area contributed by atoms with Gasteiger partial charge in [-0.15, -0.1) is 5.73 Å². The van der Waals surface area contributed by atoms with E-state index in [0.717, 1.165) is 0 Å². The van der Waals surface area contributed by atoms with Gasteiger partial charge in [-0.1, -0.05) is 20.8 Å². The van der Waals surface area contributed by atoms with Crippen LogP contribution in [0.5, 0.6) is 0 Å². The molecular formula is C13H21NOSi. The highest BCUT2D eigenvalue weighted by Gasteiger charge is 2.39. The predicted octanol–water partition coefficient (Wildman–Crippen LogP) is 4.15. The van der Waals surface area contributed by atoms with Crippen LogP contribution < -0.4 is 0 Å². The van der Waals surface area contributed by atoms with Gasteiger partial charge in [0, 0.05) is 0 Å². The molecule has 0 unspecified atom stereocenters. The first kappa shape index (κ1) is 14.8. The minimum Gasteiger partial charge on any atom is -0.536 e. The quantitative estimate of drug-likeness (QED) is 0.242. The molecule has 88 valence electrons. The molecule has 0 atom stereocenters. The zero-order chi connectivity index (χ0) is 12.8. The SMILES string of the molecule is CC=C=C/C=C(/C#N)O[Si](C)(C)C(C)(C)C. The van der Waals surface area contributed by atoms with Crippen molar-refractivity contribution < 1.29 is 4.43 Å². The van der Waals surface area contributed by atoms with Crippen molar-refractivity contribution in [3.8, 4) is 6.07 Å². The maximum absolute atomic E-state index is 8.98. The van der Waals surface area contributed by atoms with Gasteiger partial charge in [0.25, 0.3) is 8.32 Å². The lowest BCUT2D eigenvalue weighted by atomic mass is 10.2. The van der Waals surface area contributed by atoms with Crippen molar-refractivity contribution in [3.05, 3.63) is 29.7 Å². The van der Waals surface area contributed by atoms with Gasteiger partial charge in [0.1, 0.15) is 6.07 Å². The van der Waals surface area contributed by atoms with Crippen LogP contribution in [-0.2, 0) is 4.43 Å². The Kier molecular flexibility index (Phi) is 5.30. The van der Waals surface area contributed by atoms with Crippen LogP contribution in [0, 0.1) is 11.3 Å². The van der Waals surface area contributed by atoms with Crippen LogP contribution in [0.2, 0.25) is 18.1 Å². The maximum atomic E-state index is 8.98. The Morgan fingerprint density at radius 1 is 1.31 bits per heavy atom. The molecular weight excluding hydrogens is 214 g/mol. The molecule has 3 heteroatoms. The molecule has 0 heterocycles. The topological polar surface area (TPSA) is 33.0 Å². The zero-order valence-electron chi connectivity index (χ0n) is 11.1. The van der Waals surface area contributed by atoms with Crippen molar-refractivity contribution in [1.29, 1.82) is 5.26 Å². The molecule has 2 nitrogen and oxygen atoms in total. The minimum atomic E-state index is -1.90. The lowest BCUT2D eigenvalue weighted by Gasteiger charge is -2.35. The Hall–Kier alpha value is -1.23. The molecule has 0 aliphatic heterocycles. The number of allylic oxidation sites excluding steroid dienone is 3. The van der Waals surface area contributed by atoms with E-state index in [2.05, 4.69) is 45.7 Å². The summed E-state index contributed by atoms with van der Waals surface area (Å²) in [6.45, 7) is 12.6. The first-order valence-electron chi connectivity index (χ1n) is 5.41. The summed E-state index contributed by atoms with van der Waals surface area (Å²) in [5.74, 6) is 0.376. The van der Waals surface area contributed by atoms with E-state index in [-0.39, 0.29) is 5.04 Å². The molecule has 0 rings (SSSR count). The van der Waals surface area contributed by atoms with E-state index in [1.165, 1.54) is 0 Å². The lowest BCUT2D eigenvalue weighted by Crippen LogP contribution is -2.40. The minimum absolute atomic E-state index is 0.104. The maximum Gasteiger partial charge on any atom is 0.251 e. The van der Waals surface area contributed by atoms with Crippen LogP contribution in [-0.4, -0.2) is 8.32 Å². The summed E-state index contributed by atoms with van der Waals surface area (Å²) in [5.41, 5.74) is 2.90. The number of hydrogen-bond acceptors (Lipinski definition) is 2. The van der Waals surface area contributed by atoms with Crippen LogP contribution in [0.3, 0.4) is 0 Å². The van der Waals surface area contributed by atoms with E-state index in [4.69, 9.17) is 9.69 Å². The van der Waals surface area contributed by atoms with Crippen LogP contribution in [0.1, 0.15) is 27.7 Å². The van der Waals surface area contributed by atoms with E-state index < -0.39 is 8.32 Å². The molecule has 0 aliphatic carbocycles. The van der Waals surface area contributed by atoms with E-state index >= 15 is 0 Å². The molecule has 0 fully saturated rings. The molecule has 0 saturated carbocycles. The summed E-state index contributed by atoms with van der Waals surface area (Å²) < 4.78 is 5.85. The number of hydrogen-bond donors (Lipinski definition) is 0. The molecule has 0 aromatic rings. The Bertz CT molecular complexity index is 360. The average molecular weight is 235 g/mol. The van der Waals surface area contributed by atoms with Crippen LogP contribution >= 0.6 is 0 Å². The van der Waals surface area contributed by atoms with Crippen molar-refractivity contribution in [3.63, 3.8) is 0 Å². The second-order valence-electron chi connectivity index (χ2n) is 5.13. The van der Waals surface area contributed by atoms with Gasteiger partial charge in [-0.25, -0.2) is 0 Å². The number of nitriles is 1. The van der Waals surface area contributed by atoms with Gasteiger partial charge in [-0.3, -0.25) is 0 Å². The number of nitrogens with zero attached hydrogens (tertiary/aromatic N) is 1. The Balaban J connectivity index is 4.89. The smallest absolute Gasteiger partial charge is 0.251 e. The van der Waals surface area contributed by atoms with Crippen LogP contribution in [0.15, 0.2) is 29.7 Å². The first-order valence-corrected chi connectivity index (χ1v) is 8.32. The molecule has 0 aliphatic rings. The normalized spacial score (nSPS) is 12.4. The zero-order valence-corrected chi connectivity index (χ0v) is 12.1. The first-order chi connectivity index (χ1) is 7.24. The van der Waals surface area contributed by atoms with Gasteiger partial charge in [0.15, 0.2) is 5.76 Å². The lowest BCUT2D eigenvalue weighted by molar-refractivity contribution is 0.403. The second kappa shape index (κ2) is 5.74. The molecule has 0 aromatic carbocycles. The standard InChI is InChI=1S/C13H21NOSi/c1-7-8-9-10-12(11-14)15-16(5,6)13(2,3)4/h7,9-10H,1-6H3/b12-10-. The van der Waals surface area contributed by atoms with Gasteiger partial charge in [-0.05, 0) is 43.3 Å². The third-order valence-electron chi connectivity index (χ3n) is 2.78. The molecule has 0 radical (unpaired) electrons. The second-order valence-corrected chi connectivity index (χ2v) is 9.85. The van der Waals surface area contributed by atoms with Gasteiger partial charge in [0.05, 0.1) is 0 Å². The predicted molar refractivity (Wildman–Crippen MR) is 70.3 cm³/mol. The van der Waals surface area contributed by atoms with Crippen LogP contribution in [0.25, 0.3) is 0 Å². The van der Waals surface area contributed by atoms with E-state index in [0.29, 0.717) is 5.76 Å². The highest BCUT2D eigenvalue weighted by Crippen LogP contribution is 2.37. The third-order valence-corrected chi connectivity index (χ3v) is 7.12. The fourth-order valence-electron chi connectivity index (χ4n) is 0.742. The van der Waals surface area contributed by atoms with Gasteiger partial charge in [-0.2, -0.15) is 5.26 Å². The van der Waals surface area contributed by atoms with Gasteiger partial charge < -0.3 is 4.43 Å². The van der Waals surface area contributed by atoms with E-state index in [1.54, 1.807) is 18.2 Å². The van der Waals surface area contributed by atoms with Crippen molar-refractivity contribution in [1.82, 2.24) is 0 Å². The summed E-state index contributed by atoms with van der Waals surface area (Å²) in [6, 6.07) is 2.08. The Morgan fingerprint density at radius 2 is 1.88 bits per heavy atom. The van der Waals surface area contributed by atoms with Crippen molar-refractivity contribution >= 4 is 8.32 Å². The molecule has 16 heavy (non-hydrogen) atoms. The molecule has 0 bridgehead atoms. The molecule has 0 saturated heterocycles. The number of rotatable bonds is 3. The van der Waals surface area contributed by atoms with Crippen molar-refractivity contribution in [2.45, 2.75) is 45.8 Å². The highest BCUT2D eigenvalue weighted by atomic mass is 28.4. The summed E-state index contributed by atoms with van der Waals surface area (Å²) in [5, 5.41) is 9.08. The Labute approximate surface area is 100 Å². The van der Waals surface area contributed by atoms with Crippen LogP contribution in [0.4, 0.5) is 0 Å². The Morgan fingerprint density at radius 3 is 2.25 bits per heavy atom. The van der Waals surface area contributed by atoms with Crippen molar-refractivity contribution in [2.75, 3.05) is 0 Å². The summed E-state index contributed by atoms with van der Waals surface area (Å²) in [7, 11) is -1.90. The molecule has 0 aromatic heterocycles. The van der Waals surface area contributed by atoms with E-state index in [1.807, 2.05) is 6.92 Å².